The second-order valence-corrected chi connectivity index (χ2v) is 6.16. The lowest BCUT2D eigenvalue weighted by Crippen LogP contribution is -2.00. The Balaban J connectivity index is 2.43. The van der Waals surface area contributed by atoms with Crippen LogP contribution in [-0.4, -0.2) is 5.11 Å². The highest BCUT2D eigenvalue weighted by molar-refractivity contribution is 7.12. The summed E-state index contributed by atoms with van der Waals surface area (Å²) >= 11 is 7.87. The average molecular weight is 267 g/mol. The molecule has 0 aliphatic heterocycles. The van der Waals surface area contributed by atoms with Crippen LogP contribution >= 0.6 is 22.9 Å². The van der Waals surface area contributed by atoms with Crippen molar-refractivity contribution in [2.75, 3.05) is 0 Å². The smallest absolute Gasteiger partial charge is 0.107 e. The van der Waals surface area contributed by atoms with Gasteiger partial charge in [0.25, 0.3) is 0 Å². The van der Waals surface area contributed by atoms with Gasteiger partial charge >= 0.3 is 0 Å². The molecule has 0 saturated carbocycles. The van der Waals surface area contributed by atoms with Gasteiger partial charge in [-0.3, -0.25) is 0 Å². The molecule has 0 aliphatic rings. The molecule has 1 N–H and O–H groups in total. The number of rotatable bonds is 2. The number of aliphatic hydroxyl groups excluding tert-OH is 1. The van der Waals surface area contributed by atoms with E-state index in [0.717, 1.165) is 21.6 Å². The fourth-order valence-electron chi connectivity index (χ4n) is 1.94. The molecule has 0 fully saturated rings. The largest absolute Gasteiger partial charge is 0.384 e. The maximum Gasteiger partial charge on any atom is 0.107 e. The normalized spacial score (nSPS) is 12.8. The highest BCUT2D eigenvalue weighted by atomic mass is 35.5. The van der Waals surface area contributed by atoms with Crippen LogP contribution < -0.4 is 0 Å². The number of hydrogen-bond donors (Lipinski definition) is 1. The second-order valence-electron chi connectivity index (χ2n) is 4.30. The van der Waals surface area contributed by atoms with Crippen LogP contribution in [0.5, 0.6) is 0 Å². The summed E-state index contributed by atoms with van der Waals surface area (Å²) in [4.78, 5) is 2.35. The minimum absolute atomic E-state index is 0.626. The lowest BCUT2D eigenvalue weighted by atomic mass is 10.0. The third-order valence-electron chi connectivity index (χ3n) is 2.82. The first-order valence-corrected chi connectivity index (χ1v) is 6.69. The zero-order valence-corrected chi connectivity index (χ0v) is 11.7. The fourth-order valence-corrected chi connectivity index (χ4v) is 3.24. The van der Waals surface area contributed by atoms with Crippen molar-refractivity contribution in [3.8, 4) is 0 Å². The molecule has 0 spiro atoms. The highest BCUT2D eigenvalue weighted by Gasteiger charge is 2.17. The van der Waals surface area contributed by atoms with E-state index < -0.39 is 6.10 Å². The first-order chi connectivity index (χ1) is 7.99. The van der Waals surface area contributed by atoms with Gasteiger partial charge in [-0.25, -0.2) is 0 Å². The average Bonchev–Trinajstić information content (AvgIpc) is 2.57. The van der Waals surface area contributed by atoms with Crippen LogP contribution in [0.3, 0.4) is 0 Å². The molecule has 3 heteroatoms. The van der Waals surface area contributed by atoms with Crippen LogP contribution in [0, 0.1) is 20.8 Å². The molecule has 1 aromatic heterocycles. The van der Waals surface area contributed by atoms with Crippen LogP contribution in [0.2, 0.25) is 5.02 Å². The van der Waals surface area contributed by atoms with E-state index in [9.17, 15) is 5.11 Å². The molecular formula is C14H15ClOS. The number of hydrogen-bond acceptors (Lipinski definition) is 2. The number of aliphatic hydroxyl groups is 1. The van der Waals surface area contributed by atoms with Gasteiger partial charge in [-0.1, -0.05) is 23.7 Å². The van der Waals surface area contributed by atoms with Crippen LogP contribution in [0.15, 0.2) is 24.3 Å². The molecule has 90 valence electrons. The topological polar surface area (TPSA) is 20.2 Å². The van der Waals surface area contributed by atoms with Crippen molar-refractivity contribution < 1.29 is 5.11 Å². The third kappa shape index (κ3) is 2.54. The molecule has 1 nitrogen and oxygen atoms in total. The maximum atomic E-state index is 10.4. The Hall–Kier alpha value is -0.830. The van der Waals surface area contributed by atoms with Gasteiger partial charge in [-0.15, -0.1) is 11.3 Å². The summed E-state index contributed by atoms with van der Waals surface area (Å²) in [6.45, 7) is 6.06. The Morgan fingerprint density at radius 1 is 1.12 bits per heavy atom. The predicted molar refractivity (Wildman–Crippen MR) is 74.0 cm³/mol. The van der Waals surface area contributed by atoms with E-state index in [1.807, 2.05) is 45.0 Å². The molecular weight excluding hydrogens is 252 g/mol. The molecule has 0 saturated heterocycles. The minimum Gasteiger partial charge on any atom is -0.384 e. The van der Waals surface area contributed by atoms with E-state index >= 15 is 0 Å². The maximum absolute atomic E-state index is 10.4. The summed E-state index contributed by atoms with van der Waals surface area (Å²) in [5.74, 6) is 0. The lowest BCUT2D eigenvalue weighted by Gasteiger charge is -2.13. The molecule has 2 aromatic rings. The van der Waals surface area contributed by atoms with E-state index in [-0.39, 0.29) is 0 Å². The van der Waals surface area contributed by atoms with Gasteiger partial charge in [0.05, 0.1) is 0 Å². The summed E-state index contributed by atoms with van der Waals surface area (Å²) in [5.41, 5.74) is 2.83. The van der Waals surface area contributed by atoms with Crippen molar-refractivity contribution in [2.45, 2.75) is 26.9 Å². The number of benzene rings is 1. The predicted octanol–water partition coefficient (Wildman–Crippen LogP) is 4.41. The molecule has 1 aromatic carbocycles. The summed E-state index contributed by atoms with van der Waals surface area (Å²) in [6, 6.07) is 7.78. The number of aryl methyl sites for hydroxylation is 3. The highest BCUT2D eigenvalue weighted by Crippen LogP contribution is 2.33. The van der Waals surface area contributed by atoms with Gasteiger partial charge in [0.15, 0.2) is 0 Å². The molecule has 0 amide bonds. The Morgan fingerprint density at radius 3 is 2.35 bits per heavy atom. The van der Waals surface area contributed by atoms with E-state index in [2.05, 4.69) is 0 Å². The molecule has 1 heterocycles. The Kier molecular flexibility index (Phi) is 3.57. The third-order valence-corrected chi connectivity index (χ3v) is 4.13. The van der Waals surface area contributed by atoms with Gasteiger partial charge in [0.2, 0.25) is 0 Å². The number of halogens is 1. The summed E-state index contributed by atoms with van der Waals surface area (Å²) in [6.07, 6.45) is -0.631. The molecule has 0 radical (unpaired) electrons. The quantitative estimate of drug-likeness (QED) is 0.854. The second kappa shape index (κ2) is 4.81. The Labute approximate surface area is 111 Å². The molecule has 1 unspecified atom stereocenters. The zero-order valence-electron chi connectivity index (χ0n) is 10.1. The van der Waals surface area contributed by atoms with Gasteiger partial charge in [0, 0.05) is 20.3 Å². The Bertz CT molecular complexity index is 545. The summed E-state index contributed by atoms with van der Waals surface area (Å²) < 4.78 is 0. The molecule has 1 atom stereocenters. The van der Waals surface area contributed by atoms with Crippen molar-refractivity contribution >= 4 is 22.9 Å². The molecule has 0 bridgehead atoms. The standard InChI is InChI=1S/C14H15ClOS/c1-8-4-5-11(13(15)6-8)14(16)12-7-9(2)17-10(12)3/h4-7,14,16H,1-3H3. The summed E-state index contributed by atoms with van der Waals surface area (Å²) in [5, 5.41) is 11.0. The van der Waals surface area contributed by atoms with Gasteiger partial charge < -0.3 is 5.11 Å². The van der Waals surface area contributed by atoms with Crippen LogP contribution in [-0.2, 0) is 0 Å². The van der Waals surface area contributed by atoms with Crippen molar-refractivity contribution in [2.24, 2.45) is 0 Å². The van der Waals surface area contributed by atoms with Crippen molar-refractivity contribution in [3.63, 3.8) is 0 Å². The minimum atomic E-state index is -0.631. The zero-order chi connectivity index (χ0) is 12.6. The van der Waals surface area contributed by atoms with E-state index in [4.69, 9.17) is 11.6 Å². The monoisotopic (exact) mass is 266 g/mol. The van der Waals surface area contributed by atoms with Crippen molar-refractivity contribution in [1.82, 2.24) is 0 Å². The lowest BCUT2D eigenvalue weighted by molar-refractivity contribution is 0.220. The van der Waals surface area contributed by atoms with E-state index in [0.29, 0.717) is 5.02 Å². The molecule has 0 aliphatic carbocycles. The van der Waals surface area contributed by atoms with E-state index in [1.54, 1.807) is 11.3 Å². The van der Waals surface area contributed by atoms with Gasteiger partial charge in [-0.2, -0.15) is 0 Å². The SMILES string of the molecule is Cc1ccc(C(O)c2cc(C)sc2C)c(Cl)c1. The molecule has 2 rings (SSSR count). The number of thiophene rings is 1. The first kappa shape index (κ1) is 12.6. The first-order valence-electron chi connectivity index (χ1n) is 5.50. The van der Waals surface area contributed by atoms with Crippen LogP contribution in [0.4, 0.5) is 0 Å². The van der Waals surface area contributed by atoms with Gasteiger partial charge in [-0.05, 0) is 44.0 Å². The van der Waals surface area contributed by atoms with Crippen molar-refractivity contribution in [3.05, 3.63) is 55.7 Å². The van der Waals surface area contributed by atoms with Crippen LogP contribution in [0.1, 0.15) is 32.5 Å². The fraction of sp³-hybridized carbons (Fsp3) is 0.286. The Morgan fingerprint density at radius 2 is 1.82 bits per heavy atom. The van der Waals surface area contributed by atoms with E-state index in [1.165, 1.54) is 4.88 Å². The molecule has 17 heavy (non-hydrogen) atoms. The summed E-state index contributed by atoms with van der Waals surface area (Å²) in [7, 11) is 0. The van der Waals surface area contributed by atoms with Gasteiger partial charge in [0.1, 0.15) is 6.10 Å². The van der Waals surface area contributed by atoms with Crippen LogP contribution in [0.25, 0.3) is 0 Å². The van der Waals surface area contributed by atoms with Crippen molar-refractivity contribution in [1.29, 1.82) is 0 Å².